The molecule has 2 rings (SSSR count). The van der Waals surface area contributed by atoms with Crippen LogP contribution < -0.4 is 10.6 Å². The third kappa shape index (κ3) is 2.35. The van der Waals surface area contributed by atoms with E-state index in [0.717, 1.165) is 5.69 Å². The number of nitrogens with zero attached hydrogens (tertiary/aromatic N) is 2. The number of hydrogen-bond donors (Lipinski definition) is 3. The van der Waals surface area contributed by atoms with Crippen LogP contribution >= 0.6 is 0 Å². The van der Waals surface area contributed by atoms with Gasteiger partial charge in [0, 0.05) is 32.4 Å². The fourth-order valence-electron chi connectivity index (χ4n) is 2.02. The molecule has 1 saturated heterocycles. The second-order valence-corrected chi connectivity index (χ2v) is 4.27. The zero-order chi connectivity index (χ0) is 13.1. The van der Waals surface area contributed by atoms with E-state index in [2.05, 4.69) is 20.8 Å². The van der Waals surface area contributed by atoms with Gasteiger partial charge in [-0.15, -0.1) is 0 Å². The number of H-pyrrole nitrogens is 1. The largest absolute Gasteiger partial charge is 0.357 e. The van der Waals surface area contributed by atoms with Crippen molar-refractivity contribution in [3.63, 3.8) is 0 Å². The van der Waals surface area contributed by atoms with E-state index in [0.29, 0.717) is 25.3 Å². The molecule has 1 aromatic rings. The van der Waals surface area contributed by atoms with Crippen LogP contribution in [0.3, 0.4) is 0 Å². The average molecular weight is 251 g/mol. The Kier molecular flexibility index (Phi) is 3.61. The first-order valence-electron chi connectivity index (χ1n) is 5.88. The lowest BCUT2D eigenvalue weighted by Gasteiger charge is -2.34. The zero-order valence-corrected chi connectivity index (χ0v) is 10.5. The minimum absolute atomic E-state index is 0.164. The highest BCUT2D eigenvalue weighted by Gasteiger charge is 2.32. The van der Waals surface area contributed by atoms with Crippen LogP contribution in [0.25, 0.3) is 0 Å². The third-order valence-electron chi connectivity index (χ3n) is 2.98. The molecule has 7 nitrogen and oxygen atoms in total. The van der Waals surface area contributed by atoms with E-state index in [9.17, 15) is 9.59 Å². The number of piperazine rings is 1. The van der Waals surface area contributed by atoms with Gasteiger partial charge in [0.1, 0.15) is 11.7 Å². The Bertz CT molecular complexity index is 456. The van der Waals surface area contributed by atoms with Crippen molar-refractivity contribution in [2.24, 2.45) is 0 Å². The maximum absolute atomic E-state index is 12.3. The van der Waals surface area contributed by atoms with Crippen molar-refractivity contribution in [1.29, 1.82) is 0 Å². The highest BCUT2D eigenvalue weighted by Crippen LogP contribution is 2.10. The molecule has 0 radical (unpaired) electrons. The van der Waals surface area contributed by atoms with Crippen LogP contribution in [-0.2, 0) is 4.79 Å². The number of carbonyl (C=O) groups is 2. The average Bonchev–Trinajstić information content (AvgIpc) is 2.83. The van der Waals surface area contributed by atoms with Gasteiger partial charge in [-0.25, -0.2) is 0 Å². The number of carbonyl (C=O) groups excluding carboxylic acids is 2. The standard InChI is InChI=1S/C11H17N5O2/c1-7-5-8(15-14-7)11(18)16-4-3-13-6-9(16)10(17)12-2/h5,9,13H,3-4,6H2,1-2H3,(H,12,17)(H,14,15). The smallest absolute Gasteiger partial charge is 0.275 e. The number of aryl methyl sites for hydroxylation is 1. The van der Waals surface area contributed by atoms with Gasteiger partial charge in [-0.3, -0.25) is 14.7 Å². The van der Waals surface area contributed by atoms with Crippen molar-refractivity contribution >= 4 is 11.8 Å². The van der Waals surface area contributed by atoms with Gasteiger partial charge in [0.05, 0.1) is 0 Å². The summed E-state index contributed by atoms with van der Waals surface area (Å²) >= 11 is 0. The molecule has 18 heavy (non-hydrogen) atoms. The van der Waals surface area contributed by atoms with Crippen molar-refractivity contribution in [1.82, 2.24) is 25.7 Å². The van der Waals surface area contributed by atoms with E-state index in [1.54, 1.807) is 18.0 Å². The number of likely N-dealkylation sites (N-methyl/N-ethyl adjacent to an activating group) is 1. The molecule has 1 atom stereocenters. The highest BCUT2D eigenvalue weighted by molar-refractivity contribution is 5.96. The van der Waals surface area contributed by atoms with E-state index < -0.39 is 6.04 Å². The van der Waals surface area contributed by atoms with Crippen molar-refractivity contribution in [3.05, 3.63) is 17.5 Å². The van der Waals surface area contributed by atoms with Gasteiger partial charge < -0.3 is 15.5 Å². The number of nitrogens with one attached hydrogen (secondary N) is 3. The molecule has 0 spiro atoms. The van der Waals surface area contributed by atoms with Crippen molar-refractivity contribution in [2.45, 2.75) is 13.0 Å². The lowest BCUT2D eigenvalue weighted by molar-refractivity contribution is -0.125. The third-order valence-corrected chi connectivity index (χ3v) is 2.98. The molecule has 0 aliphatic carbocycles. The maximum atomic E-state index is 12.3. The SMILES string of the molecule is CNC(=O)C1CNCCN1C(=O)c1cc(C)[nH]n1. The topological polar surface area (TPSA) is 90.1 Å². The molecule has 0 saturated carbocycles. The molecule has 1 aliphatic heterocycles. The van der Waals surface area contributed by atoms with Crippen molar-refractivity contribution < 1.29 is 9.59 Å². The molecule has 98 valence electrons. The highest BCUT2D eigenvalue weighted by atomic mass is 16.2. The van der Waals surface area contributed by atoms with Crippen LogP contribution in [0.2, 0.25) is 0 Å². The molecule has 3 N–H and O–H groups in total. The molecule has 0 bridgehead atoms. The van der Waals surface area contributed by atoms with Crippen LogP contribution in [0.4, 0.5) is 0 Å². The normalized spacial score (nSPS) is 19.7. The Morgan fingerprint density at radius 2 is 2.33 bits per heavy atom. The van der Waals surface area contributed by atoms with Crippen LogP contribution in [0, 0.1) is 6.92 Å². The monoisotopic (exact) mass is 251 g/mol. The molecular formula is C11H17N5O2. The second kappa shape index (κ2) is 5.18. The number of rotatable bonds is 2. The molecule has 2 amide bonds. The predicted molar refractivity (Wildman–Crippen MR) is 65.1 cm³/mol. The molecule has 1 unspecified atom stereocenters. The second-order valence-electron chi connectivity index (χ2n) is 4.27. The minimum Gasteiger partial charge on any atom is -0.357 e. The molecule has 1 fully saturated rings. The molecular weight excluding hydrogens is 234 g/mol. The van der Waals surface area contributed by atoms with Crippen molar-refractivity contribution in [3.8, 4) is 0 Å². The van der Waals surface area contributed by atoms with E-state index in [1.807, 2.05) is 6.92 Å². The first-order chi connectivity index (χ1) is 8.63. The Balaban J connectivity index is 2.18. The predicted octanol–water partition coefficient (Wildman–Crippen LogP) is -1.12. The van der Waals surface area contributed by atoms with Gasteiger partial charge in [0.2, 0.25) is 5.91 Å². The Morgan fingerprint density at radius 1 is 1.56 bits per heavy atom. The van der Waals surface area contributed by atoms with E-state index in [-0.39, 0.29) is 11.8 Å². The zero-order valence-electron chi connectivity index (χ0n) is 10.5. The van der Waals surface area contributed by atoms with Gasteiger partial charge in [0.25, 0.3) is 5.91 Å². The molecule has 1 aromatic heterocycles. The van der Waals surface area contributed by atoms with E-state index in [4.69, 9.17) is 0 Å². The summed E-state index contributed by atoms with van der Waals surface area (Å²) in [4.78, 5) is 25.6. The van der Waals surface area contributed by atoms with Gasteiger partial charge in [0.15, 0.2) is 0 Å². The van der Waals surface area contributed by atoms with Crippen LogP contribution in [0.15, 0.2) is 6.07 Å². The maximum Gasteiger partial charge on any atom is 0.275 e. The van der Waals surface area contributed by atoms with Gasteiger partial charge >= 0.3 is 0 Å². The lowest BCUT2D eigenvalue weighted by atomic mass is 10.1. The van der Waals surface area contributed by atoms with E-state index in [1.165, 1.54) is 0 Å². The van der Waals surface area contributed by atoms with Crippen LogP contribution in [0.5, 0.6) is 0 Å². The number of aromatic amines is 1. The van der Waals surface area contributed by atoms with Gasteiger partial charge in [-0.2, -0.15) is 5.10 Å². The summed E-state index contributed by atoms with van der Waals surface area (Å²) in [5.41, 5.74) is 1.17. The Morgan fingerprint density at radius 3 is 2.94 bits per heavy atom. The van der Waals surface area contributed by atoms with E-state index >= 15 is 0 Å². The Labute approximate surface area is 105 Å². The molecule has 2 heterocycles. The summed E-state index contributed by atoms with van der Waals surface area (Å²) in [7, 11) is 1.57. The summed E-state index contributed by atoms with van der Waals surface area (Å²) in [6.07, 6.45) is 0. The number of aromatic nitrogens is 2. The Hall–Kier alpha value is -1.89. The van der Waals surface area contributed by atoms with Crippen molar-refractivity contribution in [2.75, 3.05) is 26.7 Å². The lowest BCUT2D eigenvalue weighted by Crippen LogP contribution is -2.59. The quantitative estimate of drug-likeness (QED) is 0.621. The molecule has 1 aliphatic rings. The summed E-state index contributed by atoms with van der Waals surface area (Å²) in [6, 6.07) is 1.21. The fourth-order valence-corrected chi connectivity index (χ4v) is 2.02. The summed E-state index contributed by atoms with van der Waals surface area (Å²) < 4.78 is 0. The van der Waals surface area contributed by atoms with Crippen LogP contribution in [0.1, 0.15) is 16.2 Å². The molecule has 0 aromatic carbocycles. The number of hydrogen-bond acceptors (Lipinski definition) is 4. The molecule has 7 heteroatoms. The first kappa shape index (κ1) is 12.6. The first-order valence-corrected chi connectivity index (χ1v) is 5.88. The summed E-state index contributed by atoms with van der Waals surface area (Å²) in [5.74, 6) is -0.378. The van der Waals surface area contributed by atoms with Gasteiger partial charge in [-0.1, -0.05) is 0 Å². The minimum atomic E-state index is -0.478. The van der Waals surface area contributed by atoms with Gasteiger partial charge in [-0.05, 0) is 13.0 Å². The van der Waals surface area contributed by atoms with Crippen LogP contribution in [-0.4, -0.2) is 59.6 Å². The summed E-state index contributed by atoms with van der Waals surface area (Å²) in [6.45, 7) is 3.48. The fraction of sp³-hybridized carbons (Fsp3) is 0.545. The number of amides is 2. The summed E-state index contributed by atoms with van der Waals surface area (Å²) in [5, 5.41) is 12.4.